The van der Waals surface area contributed by atoms with Gasteiger partial charge in [0.1, 0.15) is 5.82 Å². The van der Waals surface area contributed by atoms with Crippen LogP contribution in [0.4, 0.5) is 10.1 Å². The number of piperidine rings is 1. The van der Waals surface area contributed by atoms with Gasteiger partial charge >= 0.3 is 0 Å². The number of nitrogens with zero attached hydrogens (tertiary/aromatic N) is 2. The van der Waals surface area contributed by atoms with Crippen molar-refractivity contribution in [3.05, 3.63) is 60.2 Å². The molecule has 2 heterocycles. The summed E-state index contributed by atoms with van der Waals surface area (Å²) in [5.74, 6) is -0.173. The average Bonchev–Trinajstić information content (AvgIpc) is 2.62. The molecular formula is C19H24FN3. The van der Waals surface area contributed by atoms with Crippen molar-refractivity contribution in [2.45, 2.75) is 38.3 Å². The molecule has 0 spiro atoms. The summed E-state index contributed by atoms with van der Waals surface area (Å²) in [7, 11) is 0. The Morgan fingerprint density at radius 3 is 2.39 bits per heavy atom. The molecular weight excluding hydrogens is 289 g/mol. The van der Waals surface area contributed by atoms with Crippen LogP contribution < -0.4 is 10.2 Å². The Bertz CT molecular complexity index is 592. The number of halogens is 1. The molecule has 1 saturated heterocycles. The first-order valence-corrected chi connectivity index (χ1v) is 8.42. The Hall–Kier alpha value is -1.94. The van der Waals surface area contributed by atoms with Gasteiger partial charge in [-0.2, -0.15) is 0 Å². The zero-order valence-corrected chi connectivity index (χ0v) is 13.6. The maximum atomic E-state index is 13.0. The second-order valence-electron chi connectivity index (χ2n) is 6.15. The number of nitrogens with one attached hydrogen (secondary N) is 1. The van der Waals surface area contributed by atoms with E-state index < -0.39 is 0 Å². The summed E-state index contributed by atoms with van der Waals surface area (Å²) in [5.41, 5.74) is 2.43. The van der Waals surface area contributed by atoms with E-state index in [-0.39, 0.29) is 5.82 Å². The fourth-order valence-corrected chi connectivity index (χ4v) is 3.29. The third-order valence-electron chi connectivity index (χ3n) is 4.64. The van der Waals surface area contributed by atoms with Gasteiger partial charge in [-0.15, -0.1) is 0 Å². The van der Waals surface area contributed by atoms with E-state index in [4.69, 9.17) is 0 Å². The number of aromatic nitrogens is 1. The standard InChI is InChI=1S/C19H24FN3/c1-2-19(15-7-11-21-12-8-15)22-17-9-13-23(14-10-17)18-5-3-16(20)4-6-18/h3-8,11-12,17,19,22H,2,9-10,13-14H2,1H3. The molecule has 0 bridgehead atoms. The van der Waals surface area contributed by atoms with Crippen LogP contribution in [0.5, 0.6) is 0 Å². The quantitative estimate of drug-likeness (QED) is 0.906. The summed E-state index contributed by atoms with van der Waals surface area (Å²) in [5, 5.41) is 3.79. The summed E-state index contributed by atoms with van der Waals surface area (Å²) < 4.78 is 13.0. The van der Waals surface area contributed by atoms with E-state index in [0.29, 0.717) is 12.1 Å². The lowest BCUT2D eigenvalue weighted by molar-refractivity contribution is 0.364. The van der Waals surface area contributed by atoms with Gasteiger partial charge in [-0.25, -0.2) is 4.39 Å². The minimum Gasteiger partial charge on any atom is -0.371 e. The highest BCUT2D eigenvalue weighted by atomic mass is 19.1. The minimum atomic E-state index is -0.173. The molecule has 1 atom stereocenters. The number of pyridine rings is 1. The first kappa shape index (κ1) is 15.9. The van der Waals surface area contributed by atoms with Crippen LogP contribution in [-0.4, -0.2) is 24.1 Å². The molecule has 0 saturated carbocycles. The fourth-order valence-electron chi connectivity index (χ4n) is 3.29. The second-order valence-corrected chi connectivity index (χ2v) is 6.15. The van der Waals surface area contributed by atoms with Crippen molar-refractivity contribution >= 4 is 5.69 Å². The van der Waals surface area contributed by atoms with E-state index in [2.05, 4.69) is 34.3 Å². The molecule has 3 nitrogen and oxygen atoms in total. The van der Waals surface area contributed by atoms with E-state index in [9.17, 15) is 4.39 Å². The van der Waals surface area contributed by atoms with Crippen molar-refractivity contribution in [2.24, 2.45) is 0 Å². The first-order valence-electron chi connectivity index (χ1n) is 8.42. The van der Waals surface area contributed by atoms with Gasteiger partial charge in [0.25, 0.3) is 0 Å². The predicted molar refractivity (Wildman–Crippen MR) is 92.0 cm³/mol. The molecule has 4 heteroatoms. The van der Waals surface area contributed by atoms with Crippen LogP contribution in [0.1, 0.15) is 37.8 Å². The maximum Gasteiger partial charge on any atom is 0.123 e. The normalized spacial score (nSPS) is 17.2. The van der Waals surface area contributed by atoms with Crippen LogP contribution in [-0.2, 0) is 0 Å². The van der Waals surface area contributed by atoms with E-state index in [1.807, 2.05) is 24.5 Å². The maximum absolute atomic E-state index is 13.0. The summed E-state index contributed by atoms with van der Waals surface area (Å²) in [6.45, 7) is 4.23. The molecule has 1 unspecified atom stereocenters. The summed E-state index contributed by atoms with van der Waals surface area (Å²) in [6, 6.07) is 11.9. The van der Waals surface area contributed by atoms with E-state index in [0.717, 1.165) is 38.0 Å². The zero-order valence-electron chi connectivity index (χ0n) is 13.6. The molecule has 0 aliphatic carbocycles. The van der Waals surface area contributed by atoms with Crippen LogP contribution in [0, 0.1) is 5.82 Å². The number of hydrogen-bond donors (Lipinski definition) is 1. The number of benzene rings is 1. The lowest BCUT2D eigenvalue weighted by Crippen LogP contribution is -2.43. The van der Waals surface area contributed by atoms with Gasteiger partial charge in [0.15, 0.2) is 0 Å². The van der Waals surface area contributed by atoms with Crippen LogP contribution in [0.15, 0.2) is 48.8 Å². The molecule has 1 aromatic heterocycles. The smallest absolute Gasteiger partial charge is 0.123 e. The topological polar surface area (TPSA) is 28.2 Å². The molecule has 1 aromatic carbocycles. The Morgan fingerprint density at radius 1 is 1.13 bits per heavy atom. The van der Waals surface area contributed by atoms with Gasteiger partial charge in [-0.3, -0.25) is 4.98 Å². The van der Waals surface area contributed by atoms with Crippen molar-refractivity contribution in [3.8, 4) is 0 Å². The highest BCUT2D eigenvalue weighted by Crippen LogP contribution is 2.23. The fraction of sp³-hybridized carbons (Fsp3) is 0.421. The molecule has 1 fully saturated rings. The predicted octanol–water partition coefficient (Wildman–Crippen LogP) is 3.93. The Morgan fingerprint density at radius 2 is 1.78 bits per heavy atom. The Kier molecular flexibility index (Phi) is 5.23. The second kappa shape index (κ2) is 7.55. The Labute approximate surface area is 137 Å². The highest BCUT2D eigenvalue weighted by molar-refractivity contribution is 5.46. The SMILES string of the molecule is CCC(NC1CCN(c2ccc(F)cc2)CC1)c1ccncc1. The number of hydrogen-bond acceptors (Lipinski definition) is 3. The molecule has 23 heavy (non-hydrogen) atoms. The summed E-state index contributed by atoms with van der Waals surface area (Å²) >= 11 is 0. The van der Waals surface area contributed by atoms with Gasteiger partial charge in [-0.1, -0.05) is 6.92 Å². The highest BCUT2D eigenvalue weighted by Gasteiger charge is 2.22. The van der Waals surface area contributed by atoms with E-state index in [1.54, 1.807) is 0 Å². The zero-order chi connectivity index (χ0) is 16.1. The number of rotatable bonds is 5. The van der Waals surface area contributed by atoms with Crippen molar-refractivity contribution in [2.75, 3.05) is 18.0 Å². The first-order chi connectivity index (χ1) is 11.3. The third-order valence-corrected chi connectivity index (χ3v) is 4.64. The van der Waals surface area contributed by atoms with Crippen LogP contribution >= 0.6 is 0 Å². The van der Waals surface area contributed by atoms with Crippen molar-refractivity contribution in [3.63, 3.8) is 0 Å². The monoisotopic (exact) mass is 313 g/mol. The lowest BCUT2D eigenvalue weighted by atomic mass is 9.99. The van der Waals surface area contributed by atoms with Crippen molar-refractivity contribution < 1.29 is 4.39 Å². The molecule has 3 rings (SSSR count). The van der Waals surface area contributed by atoms with Crippen LogP contribution in [0.3, 0.4) is 0 Å². The van der Waals surface area contributed by atoms with E-state index in [1.165, 1.54) is 17.7 Å². The van der Waals surface area contributed by atoms with Crippen molar-refractivity contribution in [1.82, 2.24) is 10.3 Å². The van der Waals surface area contributed by atoms with Gasteiger partial charge in [0, 0.05) is 43.3 Å². The molecule has 1 aliphatic rings. The Balaban J connectivity index is 1.55. The summed E-state index contributed by atoms with van der Waals surface area (Å²) in [4.78, 5) is 6.44. The van der Waals surface area contributed by atoms with E-state index >= 15 is 0 Å². The average molecular weight is 313 g/mol. The summed E-state index contributed by atoms with van der Waals surface area (Å²) in [6.07, 6.45) is 7.01. The number of anilines is 1. The molecule has 0 amide bonds. The van der Waals surface area contributed by atoms with Crippen molar-refractivity contribution in [1.29, 1.82) is 0 Å². The van der Waals surface area contributed by atoms with Gasteiger partial charge in [0.2, 0.25) is 0 Å². The van der Waals surface area contributed by atoms with Gasteiger partial charge < -0.3 is 10.2 Å². The minimum absolute atomic E-state index is 0.173. The molecule has 122 valence electrons. The van der Waals surface area contributed by atoms with Crippen LogP contribution in [0.25, 0.3) is 0 Å². The lowest BCUT2D eigenvalue weighted by Gasteiger charge is -2.36. The molecule has 0 radical (unpaired) electrons. The largest absolute Gasteiger partial charge is 0.371 e. The molecule has 2 aromatic rings. The van der Waals surface area contributed by atoms with Gasteiger partial charge in [0.05, 0.1) is 0 Å². The third kappa shape index (κ3) is 4.08. The molecule has 1 N–H and O–H groups in total. The van der Waals surface area contributed by atoms with Gasteiger partial charge in [-0.05, 0) is 61.2 Å². The molecule has 1 aliphatic heterocycles. The van der Waals surface area contributed by atoms with Crippen LogP contribution in [0.2, 0.25) is 0 Å².